The molecule has 0 aromatic rings. The maximum atomic E-state index is 10.5. The molecule has 60 valence electrons. The Labute approximate surface area is 110 Å². The zero-order chi connectivity index (χ0) is 7.61. The quantitative estimate of drug-likeness (QED) is 0.316. The largest absolute Gasteiger partial charge is 1.00 e. The van der Waals surface area contributed by atoms with E-state index in [1.165, 1.54) is 0 Å². The number of hydrogen-bond donors (Lipinski definition) is 1. The van der Waals surface area contributed by atoms with E-state index in [1.54, 1.807) is 0 Å². The maximum absolute atomic E-state index is 10.5. The molecule has 0 aromatic heterocycles. The van der Waals surface area contributed by atoms with Crippen LogP contribution >= 0.6 is 0 Å². The molecule has 0 aromatic carbocycles. The standard InChI is InChI=1S/C6H11O3S.K/c7-10(8,9)6-4-2-1-3-5-6;/h1-5H2,(H,7,8,9);/q-1;+1. The molecule has 0 aliphatic heterocycles. The van der Waals surface area contributed by atoms with Crippen molar-refractivity contribution in [1.82, 2.24) is 0 Å². The van der Waals surface area contributed by atoms with Crippen LogP contribution in [0, 0.1) is 5.25 Å². The molecule has 0 saturated heterocycles. The van der Waals surface area contributed by atoms with E-state index in [-0.39, 0.29) is 51.4 Å². The molecule has 0 amide bonds. The molecular formula is C6H11KO3S. The van der Waals surface area contributed by atoms with Crippen LogP contribution in [-0.2, 0) is 10.1 Å². The average molecular weight is 202 g/mol. The summed E-state index contributed by atoms with van der Waals surface area (Å²) >= 11 is 0. The molecule has 5 heteroatoms. The van der Waals surface area contributed by atoms with E-state index in [0.29, 0.717) is 18.1 Å². The van der Waals surface area contributed by atoms with Crippen LogP contribution in [0.3, 0.4) is 0 Å². The fourth-order valence-electron chi connectivity index (χ4n) is 1.20. The molecule has 0 unspecified atom stereocenters. The zero-order valence-corrected chi connectivity index (χ0v) is 10.6. The number of rotatable bonds is 1. The van der Waals surface area contributed by atoms with E-state index in [0.717, 1.165) is 19.3 Å². The van der Waals surface area contributed by atoms with E-state index in [9.17, 15) is 8.42 Å². The maximum Gasteiger partial charge on any atom is 1.00 e. The summed E-state index contributed by atoms with van der Waals surface area (Å²) in [5, 5.41) is 0.318. The summed E-state index contributed by atoms with van der Waals surface area (Å²) in [5.41, 5.74) is 0. The molecule has 1 fully saturated rings. The van der Waals surface area contributed by atoms with Crippen LogP contribution in [0.4, 0.5) is 0 Å². The van der Waals surface area contributed by atoms with Crippen LogP contribution < -0.4 is 51.4 Å². The van der Waals surface area contributed by atoms with Crippen molar-refractivity contribution < 1.29 is 64.4 Å². The van der Waals surface area contributed by atoms with Crippen molar-refractivity contribution in [3.8, 4) is 0 Å². The third-order valence-corrected chi connectivity index (χ3v) is 2.91. The molecule has 1 aliphatic carbocycles. The van der Waals surface area contributed by atoms with Crippen molar-refractivity contribution >= 4 is 10.1 Å². The van der Waals surface area contributed by atoms with E-state index in [2.05, 4.69) is 0 Å². The summed E-state index contributed by atoms with van der Waals surface area (Å²) in [6.07, 6.45) is 3.99. The SMILES string of the molecule is O=S(=O)(O)[C-]1CCCCC1.[K+]. The van der Waals surface area contributed by atoms with E-state index in [4.69, 9.17) is 4.55 Å². The Bertz CT molecular complexity index is 194. The minimum Gasteiger partial charge on any atom is -0.309 e. The third-order valence-electron chi connectivity index (χ3n) is 1.78. The zero-order valence-electron chi connectivity index (χ0n) is 6.71. The molecule has 0 radical (unpaired) electrons. The first-order valence-electron chi connectivity index (χ1n) is 3.43. The first-order chi connectivity index (χ1) is 4.61. The van der Waals surface area contributed by atoms with Gasteiger partial charge in [0.05, 0.1) is 0 Å². The van der Waals surface area contributed by atoms with Crippen LogP contribution in [0.5, 0.6) is 0 Å². The second kappa shape index (κ2) is 5.31. The molecule has 1 N–H and O–H groups in total. The van der Waals surface area contributed by atoms with Gasteiger partial charge in [-0.25, -0.2) is 8.42 Å². The molecule has 1 aliphatic rings. The topological polar surface area (TPSA) is 54.4 Å². The summed E-state index contributed by atoms with van der Waals surface area (Å²) in [7, 11) is -3.81. The van der Waals surface area contributed by atoms with E-state index >= 15 is 0 Å². The smallest absolute Gasteiger partial charge is 0.309 e. The molecular weight excluding hydrogens is 191 g/mol. The Morgan fingerprint density at radius 2 is 1.55 bits per heavy atom. The van der Waals surface area contributed by atoms with Crippen molar-refractivity contribution in [3.63, 3.8) is 0 Å². The van der Waals surface area contributed by atoms with Crippen LogP contribution in [0.2, 0.25) is 0 Å². The van der Waals surface area contributed by atoms with Crippen molar-refractivity contribution in [2.45, 2.75) is 32.1 Å². The second-order valence-corrected chi connectivity index (χ2v) is 4.10. The van der Waals surface area contributed by atoms with Crippen LogP contribution in [0.15, 0.2) is 0 Å². The van der Waals surface area contributed by atoms with Gasteiger partial charge in [0.15, 0.2) is 0 Å². The first-order valence-corrected chi connectivity index (χ1v) is 4.87. The van der Waals surface area contributed by atoms with Gasteiger partial charge in [-0.2, -0.15) is 18.1 Å². The van der Waals surface area contributed by atoms with Gasteiger partial charge in [-0.1, -0.05) is 19.3 Å². The van der Waals surface area contributed by atoms with Gasteiger partial charge in [-0.15, -0.1) is 0 Å². The van der Waals surface area contributed by atoms with Crippen LogP contribution in [0.1, 0.15) is 32.1 Å². The molecule has 0 spiro atoms. The molecule has 3 nitrogen and oxygen atoms in total. The minimum atomic E-state index is -3.81. The Kier molecular flexibility index (Phi) is 6.06. The predicted octanol–water partition coefficient (Wildman–Crippen LogP) is -1.63. The van der Waals surface area contributed by atoms with Crippen molar-refractivity contribution in [3.05, 3.63) is 5.25 Å². The Morgan fingerprint density at radius 1 is 1.09 bits per heavy atom. The van der Waals surface area contributed by atoms with Gasteiger partial charge in [0.1, 0.15) is 10.1 Å². The van der Waals surface area contributed by atoms with Gasteiger partial charge in [0.25, 0.3) is 0 Å². The summed E-state index contributed by atoms with van der Waals surface area (Å²) in [6.45, 7) is 0. The Balaban J connectivity index is 0.000001000. The third kappa shape index (κ3) is 4.35. The summed E-state index contributed by atoms with van der Waals surface area (Å²) < 4.78 is 29.6. The van der Waals surface area contributed by atoms with Gasteiger partial charge in [0.2, 0.25) is 0 Å². The van der Waals surface area contributed by atoms with Gasteiger partial charge in [-0.3, -0.25) is 0 Å². The van der Waals surface area contributed by atoms with Gasteiger partial charge >= 0.3 is 51.4 Å². The van der Waals surface area contributed by atoms with Crippen molar-refractivity contribution in [1.29, 1.82) is 0 Å². The summed E-state index contributed by atoms with van der Waals surface area (Å²) in [4.78, 5) is 0. The average Bonchev–Trinajstić information content (AvgIpc) is 1.88. The molecule has 1 rings (SSSR count). The minimum absolute atomic E-state index is 0. The van der Waals surface area contributed by atoms with E-state index in [1.807, 2.05) is 0 Å². The van der Waals surface area contributed by atoms with Crippen LogP contribution in [0.25, 0.3) is 0 Å². The first kappa shape index (κ1) is 12.5. The fraction of sp³-hybridized carbons (Fsp3) is 0.833. The molecule has 11 heavy (non-hydrogen) atoms. The van der Waals surface area contributed by atoms with Crippen LogP contribution in [-0.4, -0.2) is 13.0 Å². The van der Waals surface area contributed by atoms with Crippen molar-refractivity contribution in [2.24, 2.45) is 0 Å². The van der Waals surface area contributed by atoms with Gasteiger partial charge < -0.3 is 4.55 Å². The summed E-state index contributed by atoms with van der Waals surface area (Å²) in [6, 6.07) is 0. The fourth-order valence-corrected chi connectivity index (χ4v) is 2.01. The molecule has 1 saturated carbocycles. The van der Waals surface area contributed by atoms with Gasteiger partial charge in [-0.05, 0) is 0 Å². The monoisotopic (exact) mass is 202 g/mol. The normalized spacial score (nSPS) is 20.8. The number of hydrogen-bond acceptors (Lipinski definition) is 2. The molecule has 0 heterocycles. The summed E-state index contributed by atoms with van der Waals surface area (Å²) in [5.74, 6) is 0. The Morgan fingerprint density at radius 3 is 1.82 bits per heavy atom. The Hall–Kier alpha value is 1.55. The second-order valence-electron chi connectivity index (χ2n) is 2.57. The van der Waals surface area contributed by atoms with Crippen molar-refractivity contribution in [2.75, 3.05) is 0 Å². The van der Waals surface area contributed by atoms with Gasteiger partial charge in [0, 0.05) is 0 Å². The predicted molar refractivity (Wildman–Crippen MR) is 37.9 cm³/mol. The molecule has 0 atom stereocenters. The van der Waals surface area contributed by atoms with E-state index < -0.39 is 10.1 Å². The molecule has 0 bridgehead atoms.